The molecule has 4 nitrogen and oxygen atoms in total. The second kappa shape index (κ2) is 6.22. The lowest BCUT2D eigenvalue weighted by Crippen LogP contribution is -2.24. The highest BCUT2D eigenvalue weighted by atomic mass is 16.1. The zero-order chi connectivity index (χ0) is 14.5. The molecule has 0 aliphatic carbocycles. The summed E-state index contributed by atoms with van der Waals surface area (Å²) < 4.78 is 0. The molecule has 0 radical (unpaired) electrons. The van der Waals surface area contributed by atoms with Crippen LogP contribution in [0.1, 0.15) is 22.6 Å². The summed E-state index contributed by atoms with van der Waals surface area (Å²) in [7, 11) is 0. The Balaban J connectivity index is 1.56. The molecule has 0 unspecified atom stereocenters. The van der Waals surface area contributed by atoms with Crippen molar-refractivity contribution in [1.82, 2.24) is 15.3 Å². The molecule has 3 rings (SSSR count). The summed E-state index contributed by atoms with van der Waals surface area (Å²) in [6, 6.07) is 13.8. The first kappa shape index (κ1) is 13.4. The van der Waals surface area contributed by atoms with Gasteiger partial charge in [0.05, 0.1) is 0 Å². The van der Waals surface area contributed by atoms with E-state index in [1.165, 1.54) is 0 Å². The van der Waals surface area contributed by atoms with Crippen LogP contribution < -0.4 is 5.32 Å². The number of imidazole rings is 1. The number of aromatic nitrogens is 2. The van der Waals surface area contributed by atoms with Crippen LogP contribution in [0.2, 0.25) is 0 Å². The highest BCUT2D eigenvalue weighted by molar-refractivity contribution is 5.98. The van der Waals surface area contributed by atoms with Crippen molar-refractivity contribution in [1.29, 1.82) is 0 Å². The van der Waals surface area contributed by atoms with E-state index < -0.39 is 0 Å². The number of hydrogen-bond acceptors (Lipinski definition) is 2. The van der Waals surface area contributed by atoms with E-state index in [0.29, 0.717) is 12.1 Å². The van der Waals surface area contributed by atoms with Gasteiger partial charge >= 0.3 is 0 Å². The molecule has 1 amide bonds. The number of rotatable bonds is 5. The zero-order valence-corrected chi connectivity index (χ0v) is 11.7. The Labute approximate surface area is 123 Å². The number of aromatic amines is 1. The molecule has 3 aromatic rings. The maximum absolute atomic E-state index is 12.1. The topological polar surface area (TPSA) is 57.8 Å². The van der Waals surface area contributed by atoms with Crippen molar-refractivity contribution < 1.29 is 4.79 Å². The van der Waals surface area contributed by atoms with Crippen LogP contribution in [0.4, 0.5) is 0 Å². The zero-order valence-electron chi connectivity index (χ0n) is 11.7. The van der Waals surface area contributed by atoms with Gasteiger partial charge in [-0.05, 0) is 29.3 Å². The van der Waals surface area contributed by atoms with E-state index in [9.17, 15) is 4.79 Å². The Morgan fingerprint density at radius 3 is 2.81 bits per heavy atom. The Bertz CT molecular complexity index is 735. The van der Waals surface area contributed by atoms with Crippen LogP contribution >= 0.6 is 0 Å². The molecule has 0 bridgehead atoms. The fraction of sp³-hybridized carbons (Fsp3) is 0.176. The summed E-state index contributed by atoms with van der Waals surface area (Å²) in [5.41, 5.74) is 0.701. The molecule has 0 aliphatic rings. The number of carbonyl (C=O) groups excluding carboxylic acids is 1. The van der Waals surface area contributed by atoms with Gasteiger partial charge in [-0.1, -0.05) is 30.3 Å². The van der Waals surface area contributed by atoms with Crippen molar-refractivity contribution in [2.75, 3.05) is 6.54 Å². The largest absolute Gasteiger partial charge is 0.352 e. The van der Waals surface area contributed by atoms with Crippen LogP contribution in [-0.4, -0.2) is 22.4 Å². The number of fused-ring (bicyclic) bond motifs is 1. The van der Waals surface area contributed by atoms with Crippen LogP contribution in [0.3, 0.4) is 0 Å². The number of nitrogens with one attached hydrogen (secondary N) is 2. The fourth-order valence-electron chi connectivity index (χ4n) is 2.33. The third-order valence-electron chi connectivity index (χ3n) is 3.44. The maximum Gasteiger partial charge on any atom is 0.251 e. The monoisotopic (exact) mass is 279 g/mol. The maximum atomic E-state index is 12.1. The summed E-state index contributed by atoms with van der Waals surface area (Å²) in [6.07, 6.45) is 5.25. The molecular formula is C17H17N3O. The number of amides is 1. The van der Waals surface area contributed by atoms with Crippen LogP contribution in [0.15, 0.2) is 54.9 Å². The lowest BCUT2D eigenvalue weighted by Gasteiger charge is -2.06. The Kier molecular flexibility index (Phi) is 3.96. The third kappa shape index (κ3) is 3.28. The molecule has 0 fully saturated rings. The van der Waals surface area contributed by atoms with E-state index >= 15 is 0 Å². The van der Waals surface area contributed by atoms with Gasteiger partial charge in [-0.25, -0.2) is 4.98 Å². The van der Waals surface area contributed by atoms with Crippen LogP contribution in [-0.2, 0) is 6.42 Å². The summed E-state index contributed by atoms with van der Waals surface area (Å²) in [5, 5.41) is 5.17. The van der Waals surface area contributed by atoms with Crippen molar-refractivity contribution >= 4 is 16.7 Å². The van der Waals surface area contributed by atoms with Gasteiger partial charge in [0.25, 0.3) is 5.91 Å². The molecule has 4 heteroatoms. The molecule has 1 aromatic heterocycles. The van der Waals surface area contributed by atoms with Gasteiger partial charge in [0.1, 0.15) is 5.82 Å². The summed E-state index contributed by atoms with van der Waals surface area (Å²) in [4.78, 5) is 19.3. The van der Waals surface area contributed by atoms with Crippen LogP contribution in [0.5, 0.6) is 0 Å². The second-order valence-electron chi connectivity index (χ2n) is 4.96. The van der Waals surface area contributed by atoms with Crippen molar-refractivity contribution in [2.45, 2.75) is 12.8 Å². The molecular weight excluding hydrogens is 262 g/mol. The van der Waals surface area contributed by atoms with Crippen molar-refractivity contribution in [3.8, 4) is 0 Å². The predicted octanol–water partition coefficient (Wildman–Crippen LogP) is 2.93. The average Bonchev–Trinajstić information content (AvgIpc) is 3.04. The summed E-state index contributed by atoms with van der Waals surface area (Å²) in [5.74, 6) is 0.926. The molecule has 0 spiro atoms. The van der Waals surface area contributed by atoms with Crippen molar-refractivity contribution in [3.63, 3.8) is 0 Å². The number of H-pyrrole nitrogens is 1. The standard InChI is InChI=1S/C17H17N3O/c21-17(20-9-3-6-16-18-10-11-19-16)15-8-7-13-4-1-2-5-14(13)12-15/h1-2,4-5,7-8,10-12H,3,6,9H2,(H,18,19)(H,20,21). The number of carbonyl (C=O) groups is 1. The predicted molar refractivity (Wildman–Crippen MR) is 83.2 cm³/mol. The van der Waals surface area contributed by atoms with E-state index in [1.54, 1.807) is 6.20 Å². The Hall–Kier alpha value is -2.62. The van der Waals surface area contributed by atoms with Crippen molar-refractivity contribution in [2.24, 2.45) is 0 Å². The van der Waals surface area contributed by atoms with E-state index in [0.717, 1.165) is 29.4 Å². The number of nitrogens with zero attached hydrogens (tertiary/aromatic N) is 1. The van der Waals surface area contributed by atoms with Gasteiger partial charge in [0.2, 0.25) is 0 Å². The Morgan fingerprint density at radius 2 is 2.00 bits per heavy atom. The van der Waals surface area contributed by atoms with Gasteiger partial charge in [-0.2, -0.15) is 0 Å². The minimum absolute atomic E-state index is 0.0276. The van der Waals surface area contributed by atoms with Gasteiger partial charge in [-0.15, -0.1) is 0 Å². The van der Waals surface area contributed by atoms with Crippen LogP contribution in [0, 0.1) is 0 Å². The minimum Gasteiger partial charge on any atom is -0.352 e. The van der Waals surface area contributed by atoms with Crippen molar-refractivity contribution in [3.05, 3.63) is 66.2 Å². The number of aryl methyl sites for hydroxylation is 1. The molecule has 1 heterocycles. The molecule has 0 aliphatic heterocycles. The SMILES string of the molecule is O=C(NCCCc1ncc[nH]1)c1ccc2ccccc2c1. The smallest absolute Gasteiger partial charge is 0.251 e. The average molecular weight is 279 g/mol. The highest BCUT2D eigenvalue weighted by Crippen LogP contribution is 2.15. The van der Waals surface area contributed by atoms with Gasteiger partial charge in [0.15, 0.2) is 0 Å². The molecule has 0 atom stereocenters. The molecule has 2 aromatic carbocycles. The van der Waals surface area contributed by atoms with Crippen LogP contribution in [0.25, 0.3) is 10.8 Å². The fourth-order valence-corrected chi connectivity index (χ4v) is 2.33. The third-order valence-corrected chi connectivity index (χ3v) is 3.44. The molecule has 0 saturated carbocycles. The number of hydrogen-bond donors (Lipinski definition) is 2. The molecule has 0 saturated heterocycles. The van der Waals surface area contributed by atoms with Gasteiger partial charge < -0.3 is 10.3 Å². The molecule has 106 valence electrons. The van der Waals surface area contributed by atoms with E-state index in [2.05, 4.69) is 15.3 Å². The van der Waals surface area contributed by atoms with E-state index in [1.807, 2.05) is 48.7 Å². The minimum atomic E-state index is -0.0276. The quantitative estimate of drug-likeness (QED) is 0.705. The lowest BCUT2D eigenvalue weighted by atomic mass is 10.1. The first-order chi connectivity index (χ1) is 10.3. The Morgan fingerprint density at radius 1 is 1.14 bits per heavy atom. The summed E-state index contributed by atoms with van der Waals surface area (Å²) >= 11 is 0. The van der Waals surface area contributed by atoms with E-state index in [4.69, 9.17) is 0 Å². The highest BCUT2D eigenvalue weighted by Gasteiger charge is 2.05. The normalized spacial score (nSPS) is 10.7. The number of benzene rings is 2. The first-order valence-corrected chi connectivity index (χ1v) is 7.08. The lowest BCUT2D eigenvalue weighted by molar-refractivity contribution is 0.0953. The van der Waals surface area contributed by atoms with Gasteiger partial charge in [0, 0.05) is 30.9 Å². The first-order valence-electron chi connectivity index (χ1n) is 7.08. The van der Waals surface area contributed by atoms with Gasteiger partial charge in [-0.3, -0.25) is 4.79 Å². The molecule has 2 N–H and O–H groups in total. The summed E-state index contributed by atoms with van der Waals surface area (Å²) in [6.45, 7) is 0.645. The second-order valence-corrected chi connectivity index (χ2v) is 4.96. The molecule has 21 heavy (non-hydrogen) atoms. The van der Waals surface area contributed by atoms with E-state index in [-0.39, 0.29) is 5.91 Å².